The van der Waals surface area contributed by atoms with Crippen LogP contribution >= 0.6 is 0 Å². The molecule has 0 radical (unpaired) electrons. The first-order valence-corrected chi connectivity index (χ1v) is 10.7. The topological polar surface area (TPSA) is 75.3 Å². The average molecular weight is 430 g/mol. The summed E-state index contributed by atoms with van der Waals surface area (Å²) in [5.74, 6) is -1.40. The third kappa shape index (κ3) is 5.42. The van der Waals surface area contributed by atoms with E-state index in [4.69, 9.17) is 0 Å². The van der Waals surface area contributed by atoms with Gasteiger partial charge in [0, 0.05) is 12.1 Å². The molecular formula is C22H20F2N2O3S. The van der Waals surface area contributed by atoms with Crippen LogP contribution in [0.1, 0.15) is 17.5 Å². The summed E-state index contributed by atoms with van der Waals surface area (Å²) in [6, 6.07) is 15.9. The molecule has 5 nitrogen and oxygen atoms in total. The molecule has 156 valence electrons. The fraction of sp³-hybridized carbons (Fsp3) is 0.136. The Morgan fingerprint density at radius 3 is 2.47 bits per heavy atom. The first-order valence-electron chi connectivity index (χ1n) is 9.17. The SMILES string of the molecule is Cc1ccc(NC(=O)CCc2cccc(F)c2)cc1S(=O)(=O)Nc1ccccc1F. The Bertz CT molecular complexity index is 1180. The van der Waals surface area contributed by atoms with E-state index in [9.17, 15) is 22.0 Å². The molecule has 0 fully saturated rings. The lowest BCUT2D eigenvalue weighted by atomic mass is 10.1. The maximum Gasteiger partial charge on any atom is 0.262 e. The normalized spacial score (nSPS) is 11.2. The summed E-state index contributed by atoms with van der Waals surface area (Å²) in [5.41, 5.74) is 1.25. The molecule has 3 aromatic rings. The third-order valence-electron chi connectivity index (χ3n) is 4.41. The number of sulfonamides is 1. The molecule has 0 aliphatic rings. The first-order chi connectivity index (χ1) is 14.2. The number of carbonyl (C=O) groups excluding carboxylic acids is 1. The number of carbonyl (C=O) groups is 1. The molecular weight excluding hydrogens is 410 g/mol. The largest absolute Gasteiger partial charge is 0.326 e. The van der Waals surface area contributed by atoms with Gasteiger partial charge in [0.25, 0.3) is 10.0 Å². The highest BCUT2D eigenvalue weighted by Crippen LogP contribution is 2.24. The number of rotatable bonds is 7. The molecule has 0 saturated carbocycles. The Hall–Kier alpha value is -3.26. The molecule has 30 heavy (non-hydrogen) atoms. The van der Waals surface area contributed by atoms with E-state index in [0.717, 1.165) is 6.07 Å². The van der Waals surface area contributed by atoms with Gasteiger partial charge in [0.15, 0.2) is 0 Å². The van der Waals surface area contributed by atoms with Crippen molar-refractivity contribution in [3.05, 3.63) is 89.5 Å². The number of hydrogen-bond donors (Lipinski definition) is 2. The summed E-state index contributed by atoms with van der Waals surface area (Å²) in [4.78, 5) is 12.2. The zero-order chi connectivity index (χ0) is 21.7. The van der Waals surface area contributed by atoms with Crippen LogP contribution in [0.5, 0.6) is 0 Å². The van der Waals surface area contributed by atoms with E-state index >= 15 is 0 Å². The second kappa shape index (κ2) is 9.04. The van der Waals surface area contributed by atoms with Gasteiger partial charge in [0.05, 0.1) is 10.6 Å². The summed E-state index contributed by atoms with van der Waals surface area (Å²) in [5, 5.41) is 2.64. The average Bonchev–Trinajstić information content (AvgIpc) is 2.69. The molecule has 3 rings (SSSR count). The van der Waals surface area contributed by atoms with Crippen LogP contribution < -0.4 is 10.0 Å². The molecule has 0 heterocycles. The molecule has 0 saturated heterocycles. The lowest BCUT2D eigenvalue weighted by Gasteiger charge is -2.13. The summed E-state index contributed by atoms with van der Waals surface area (Å²) in [7, 11) is -4.07. The minimum absolute atomic E-state index is 0.0753. The second-order valence-electron chi connectivity index (χ2n) is 6.74. The number of anilines is 2. The van der Waals surface area contributed by atoms with Gasteiger partial charge in [-0.05, 0) is 60.9 Å². The lowest BCUT2D eigenvalue weighted by molar-refractivity contribution is -0.116. The van der Waals surface area contributed by atoms with E-state index < -0.39 is 15.8 Å². The van der Waals surface area contributed by atoms with Crippen molar-refractivity contribution in [3.8, 4) is 0 Å². The van der Waals surface area contributed by atoms with Crippen LogP contribution in [0, 0.1) is 18.6 Å². The minimum atomic E-state index is -4.07. The van der Waals surface area contributed by atoms with E-state index in [-0.39, 0.29) is 28.7 Å². The Morgan fingerprint density at radius 1 is 0.967 bits per heavy atom. The molecule has 0 unspecified atom stereocenters. The van der Waals surface area contributed by atoms with Crippen molar-refractivity contribution in [2.45, 2.75) is 24.7 Å². The van der Waals surface area contributed by atoms with Crippen LogP contribution in [0.15, 0.2) is 71.6 Å². The van der Waals surface area contributed by atoms with Crippen molar-refractivity contribution in [2.24, 2.45) is 0 Å². The van der Waals surface area contributed by atoms with Gasteiger partial charge in [-0.3, -0.25) is 9.52 Å². The molecule has 0 bridgehead atoms. The van der Waals surface area contributed by atoms with Crippen LogP contribution in [-0.4, -0.2) is 14.3 Å². The highest BCUT2D eigenvalue weighted by atomic mass is 32.2. The van der Waals surface area contributed by atoms with Crippen molar-refractivity contribution >= 4 is 27.3 Å². The number of hydrogen-bond acceptors (Lipinski definition) is 3. The van der Waals surface area contributed by atoms with Gasteiger partial charge in [-0.2, -0.15) is 0 Å². The maximum atomic E-state index is 13.8. The van der Waals surface area contributed by atoms with Crippen molar-refractivity contribution in [1.29, 1.82) is 0 Å². The standard InChI is InChI=1S/C22H20F2N2O3S/c1-15-9-11-18(25-22(27)12-10-16-5-4-6-17(23)13-16)14-21(15)30(28,29)26-20-8-3-2-7-19(20)24/h2-9,11,13-14,26H,10,12H2,1H3,(H,25,27). The Morgan fingerprint density at radius 2 is 1.73 bits per heavy atom. The maximum absolute atomic E-state index is 13.8. The van der Waals surface area contributed by atoms with Crippen LogP contribution in [0.4, 0.5) is 20.2 Å². The molecule has 0 aromatic heterocycles. The van der Waals surface area contributed by atoms with E-state index in [1.165, 1.54) is 36.4 Å². The van der Waals surface area contributed by atoms with Crippen molar-refractivity contribution in [1.82, 2.24) is 0 Å². The fourth-order valence-corrected chi connectivity index (χ4v) is 4.22. The lowest BCUT2D eigenvalue weighted by Crippen LogP contribution is -2.17. The summed E-state index contributed by atoms with van der Waals surface area (Å²) >= 11 is 0. The van der Waals surface area contributed by atoms with Crippen LogP contribution in [0.3, 0.4) is 0 Å². The molecule has 0 atom stereocenters. The van der Waals surface area contributed by atoms with Crippen LogP contribution in [-0.2, 0) is 21.2 Å². The Balaban J connectivity index is 1.72. The molecule has 0 aliphatic carbocycles. The van der Waals surface area contributed by atoms with Crippen LogP contribution in [0.2, 0.25) is 0 Å². The van der Waals surface area contributed by atoms with Gasteiger partial charge < -0.3 is 5.32 Å². The smallest absolute Gasteiger partial charge is 0.262 e. The number of para-hydroxylation sites is 1. The molecule has 0 aliphatic heterocycles. The molecule has 3 aromatic carbocycles. The number of aryl methyl sites for hydroxylation is 2. The predicted octanol–water partition coefficient (Wildman–Crippen LogP) is 4.65. The summed E-state index contributed by atoms with van der Waals surface area (Å²) in [6.45, 7) is 1.60. The van der Waals surface area contributed by atoms with E-state index in [1.807, 2.05) is 0 Å². The fourth-order valence-electron chi connectivity index (χ4n) is 2.88. The van der Waals surface area contributed by atoms with E-state index in [1.54, 1.807) is 31.2 Å². The van der Waals surface area contributed by atoms with Crippen molar-refractivity contribution in [2.75, 3.05) is 10.0 Å². The quantitative estimate of drug-likeness (QED) is 0.573. The van der Waals surface area contributed by atoms with Gasteiger partial charge >= 0.3 is 0 Å². The number of nitrogens with one attached hydrogen (secondary N) is 2. The van der Waals surface area contributed by atoms with Crippen molar-refractivity contribution in [3.63, 3.8) is 0 Å². The number of halogens is 2. The number of benzene rings is 3. The van der Waals surface area contributed by atoms with E-state index in [0.29, 0.717) is 23.2 Å². The Kier molecular flexibility index (Phi) is 6.47. The molecule has 8 heteroatoms. The van der Waals surface area contributed by atoms with Gasteiger partial charge in [0.1, 0.15) is 11.6 Å². The summed E-state index contributed by atoms with van der Waals surface area (Å²) < 4.78 is 54.7. The molecule has 2 N–H and O–H groups in total. The monoisotopic (exact) mass is 430 g/mol. The Labute approximate surface area is 173 Å². The van der Waals surface area contributed by atoms with Gasteiger partial charge in [0.2, 0.25) is 5.91 Å². The zero-order valence-electron chi connectivity index (χ0n) is 16.2. The highest BCUT2D eigenvalue weighted by molar-refractivity contribution is 7.92. The minimum Gasteiger partial charge on any atom is -0.326 e. The number of amides is 1. The molecule has 0 spiro atoms. The van der Waals surface area contributed by atoms with Gasteiger partial charge in [-0.25, -0.2) is 17.2 Å². The zero-order valence-corrected chi connectivity index (χ0v) is 17.0. The third-order valence-corrected chi connectivity index (χ3v) is 5.92. The van der Waals surface area contributed by atoms with Gasteiger partial charge in [-0.15, -0.1) is 0 Å². The van der Waals surface area contributed by atoms with Crippen LogP contribution in [0.25, 0.3) is 0 Å². The van der Waals surface area contributed by atoms with Gasteiger partial charge in [-0.1, -0.05) is 30.3 Å². The predicted molar refractivity (Wildman–Crippen MR) is 112 cm³/mol. The first kappa shape index (κ1) is 21.4. The molecule has 1 amide bonds. The van der Waals surface area contributed by atoms with E-state index in [2.05, 4.69) is 10.0 Å². The second-order valence-corrected chi connectivity index (χ2v) is 8.39. The van der Waals surface area contributed by atoms with Crippen molar-refractivity contribution < 1.29 is 22.0 Å². The highest BCUT2D eigenvalue weighted by Gasteiger charge is 2.19. The summed E-state index contributed by atoms with van der Waals surface area (Å²) in [6.07, 6.45) is 0.447.